The third kappa shape index (κ3) is 8.76. The van der Waals surface area contributed by atoms with E-state index in [-0.39, 0.29) is 35.4 Å². The Bertz CT molecular complexity index is 820. The van der Waals surface area contributed by atoms with Gasteiger partial charge in [-0.1, -0.05) is 25.1 Å². The quantitative estimate of drug-likeness (QED) is 0.150. The van der Waals surface area contributed by atoms with Crippen LogP contribution in [0.25, 0.3) is 0 Å². The number of aliphatic imine (C=N–C) groups is 1. The zero-order valence-corrected chi connectivity index (χ0v) is 19.8. The average Bonchev–Trinajstić information content (AvgIpc) is 2.69. The number of nitrogens with zero attached hydrogens (tertiary/aromatic N) is 2. The SMILES string of the molecule is CN=C(NCCNS(=O)(=O)c1cccnc1)NCC(C)Sc1ccccc1.I. The zero-order valence-electron chi connectivity index (χ0n) is 15.8. The molecule has 0 aliphatic heterocycles. The van der Waals surface area contributed by atoms with Crippen LogP contribution in [0.4, 0.5) is 0 Å². The van der Waals surface area contributed by atoms with Gasteiger partial charge in [-0.25, -0.2) is 13.1 Å². The Morgan fingerprint density at radius 2 is 1.89 bits per heavy atom. The lowest BCUT2D eigenvalue weighted by Crippen LogP contribution is -2.43. The number of sulfonamides is 1. The summed E-state index contributed by atoms with van der Waals surface area (Å²) < 4.78 is 26.8. The van der Waals surface area contributed by atoms with E-state index in [1.54, 1.807) is 24.9 Å². The normalized spacial score (nSPS) is 12.7. The van der Waals surface area contributed by atoms with Crippen LogP contribution >= 0.6 is 35.7 Å². The van der Waals surface area contributed by atoms with Crippen LogP contribution in [-0.2, 0) is 10.0 Å². The molecule has 1 aromatic carbocycles. The standard InChI is InChI=1S/C18H25N5O2S2.HI/c1-15(26-16-7-4-3-5-8-16)13-22-18(19-2)21-11-12-23-27(24,25)17-9-6-10-20-14-17;/h3-10,14-15,23H,11-13H2,1-2H3,(H2,19,21,22);1H. The lowest BCUT2D eigenvalue weighted by Gasteiger charge is -2.16. The van der Waals surface area contributed by atoms with Crippen LogP contribution in [0.5, 0.6) is 0 Å². The lowest BCUT2D eigenvalue weighted by molar-refractivity contribution is 0.580. The number of benzene rings is 1. The molecule has 0 saturated heterocycles. The summed E-state index contributed by atoms with van der Waals surface area (Å²) in [6, 6.07) is 13.3. The highest BCUT2D eigenvalue weighted by atomic mass is 127. The molecule has 0 saturated carbocycles. The highest BCUT2D eigenvalue weighted by Gasteiger charge is 2.13. The molecule has 1 atom stereocenters. The molecule has 0 spiro atoms. The van der Waals surface area contributed by atoms with Crippen molar-refractivity contribution in [2.24, 2.45) is 4.99 Å². The van der Waals surface area contributed by atoms with E-state index in [1.807, 2.05) is 18.2 Å². The van der Waals surface area contributed by atoms with Crippen LogP contribution in [0, 0.1) is 0 Å². The van der Waals surface area contributed by atoms with Gasteiger partial charge in [-0.3, -0.25) is 9.98 Å². The number of rotatable bonds is 9. The van der Waals surface area contributed by atoms with Crippen molar-refractivity contribution >= 4 is 51.7 Å². The molecule has 2 aromatic rings. The number of hydrogen-bond donors (Lipinski definition) is 3. The average molecular weight is 535 g/mol. The number of pyridine rings is 1. The second-order valence-electron chi connectivity index (χ2n) is 5.71. The minimum Gasteiger partial charge on any atom is -0.355 e. The van der Waals surface area contributed by atoms with Gasteiger partial charge in [0.05, 0.1) is 0 Å². The summed E-state index contributed by atoms with van der Waals surface area (Å²) in [6.45, 7) is 3.53. The van der Waals surface area contributed by atoms with Crippen LogP contribution in [0.3, 0.4) is 0 Å². The fourth-order valence-corrected chi connectivity index (χ4v) is 4.13. The predicted octanol–water partition coefficient (Wildman–Crippen LogP) is 2.32. The van der Waals surface area contributed by atoms with Gasteiger partial charge in [0.25, 0.3) is 0 Å². The van der Waals surface area contributed by atoms with Gasteiger partial charge < -0.3 is 10.6 Å². The van der Waals surface area contributed by atoms with Crippen molar-refractivity contribution in [3.8, 4) is 0 Å². The first-order chi connectivity index (χ1) is 13.0. The minimum atomic E-state index is -3.54. The summed E-state index contributed by atoms with van der Waals surface area (Å²) >= 11 is 1.78. The third-order valence-corrected chi connectivity index (χ3v) is 6.07. The fraction of sp³-hybridized carbons (Fsp3) is 0.333. The number of guanidine groups is 1. The monoisotopic (exact) mass is 535 g/mol. The molecule has 0 bridgehead atoms. The number of thioether (sulfide) groups is 1. The third-order valence-electron chi connectivity index (χ3n) is 3.52. The molecule has 0 fully saturated rings. The maximum absolute atomic E-state index is 12.1. The van der Waals surface area contributed by atoms with Crippen molar-refractivity contribution in [2.75, 3.05) is 26.7 Å². The van der Waals surface area contributed by atoms with Crippen molar-refractivity contribution in [2.45, 2.75) is 22.0 Å². The zero-order chi connectivity index (χ0) is 19.5. The lowest BCUT2D eigenvalue weighted by atomic mass is 10.4. The van der Waals surface area contributed by atoms with Crippen LogP contribution < -0.4 is 15.4 Å². The molecule has 2 rings (SSSR count). The summed E-state index contributed by atoms with van der Waals surface area (Å²) in [5, 5.41) is 6.71. The van der Waals surface area contributed by atoms with Crippen molar-refractivity contribution in [3.05, 3.63) is 54.9 Å². The van der Waals surface area contributed by atoms with Gasteiger partial charge in [0.15, 0.2) is 5.96 Å². The van der Waals surface area contributed by atoms with E-state index < -0.39 is 10.0 Å². The van der Waals surface area contributed by atoms with E-state index in [1.165, 1.54) is 23.4 Å². The Hall–Kier alpha value is -1.37. The van der Waals surface area contributed by atoms with Gasteiger partial charge in [-0.2, -0.15) is 0 Å². The van der Waals surface area contributed by atoms with Gasteiger partial charge in [0.1, 0.15) is 4.90 Å². The van der Waals surface area contributed by atoms with Crippen LogP contribution in [0.1, 0.15) is 6.92 Å². The molecule has 1 heterocycles. The maximum atomic E-state index is 12.1. The highest BCUT2D eigenvalue weighted by Crippen LogP contribution is 2.21. The summed E-state index contributed by atoms with van der Waals surface area (Å²) in [5.74, 6) is 0.635. The van der Waals surface area contributed by atoms with Crippen molar-refractivity contribution < 1.29 is 8.42 Å². The van der Waals surface area contributed by atoms with E-state index in [2.05, 4.69) is 44.4 Å². The maximum Gasteiger partial charge on any atom is 0.242 e. The van der Waals surface area contributed by atoms with E-state index in [0.717, 1.165) is 6.54 Å². The van der Waals surface area contributed by atoms with Crippen molar-refractivity contribution in [3.63, 3.8) is 0 Å². The van der Waals surface area contributed by atoms with Gasteiger partial charge in [0, 0.05) is 49.2 Å². The molecule has 0 aliphatic rings. The first-order valence-electron chi connectivity index (χ1n) is 8.57. The van der Waals surface area contributed by atoms with Gasteiger partial charge >= 0.3 is 0 Å². The fourth-order valence-electron chi connectivity index (χ4n) is 2.19. The molecule has 3 N–H and O–H groups in total. The number of halogens is 1. The molecular weight excluding hydrogens is 509 g/mol. The molecule has 0 amide bonds. The summed E-state index contributed by atoms with van der Waals surface area (Å²) in [5.41, 5.74) is 0. The molecule has 154 valence electrons. The molecule has 7 nitrogen and oxygen atoms in total. The highest BCUT2D eigenvalue weighted by molar-refractivity contribution is 14.0. The van der Waals surface area contributed by atoms with Crippen molar-refractivity contribution in [1.29, 1.82) is 0 Å². The van der Waals surface area contributed by atoms with E-state index in [9.17, 15) is 8.42 Å². The second kappa shape index (κ2) is 13.0. The predicted molar refractivity (Wildman–Crippen MR) is 126 cm³/mol. The molecule has 10 heteroatoms. The van der Waals surface area contributed by atoms with E-state index in [0.29, 0.717) is 17.8 Å². The molecular formula is C18H26IN5O2S2. The number of nitrogens with one attached hydrogen (secondary N) is 3. The van der Waals surface area contributed by atoms with Gasteiger partial charge in [-0.05, 0) is 24.3 Å². The van der Waals surface area contributed by atoms with E-state index in [4.69, 9.17) is 0 Å². The smallest absolute Gasteiger partial charge is 0.242 e. The number of hydrogen-bond acceptors (Lipinski definition) is 5. The first kappa shape index (κ1) is 24.7. The summed E-state index contributed by atoms with van der Waals surface area (Å²) in [4.78, 5) is 9.36. The van der Waals surface area contributed by atoms with Gasteiger partial charge in [0.2, 0.25) is 10.0 Å². The topological polar surface area (TPSA) is 95.5 Å². The molecule has 0 radical (unpaired) electrons. The van der Waals surface area contributed by atoms with Gasteiger partial charge in [-0.15, -0.1) is 35.7 Å². The molecule has 1 aromatic heterocycles. The minimum absolute atomic E-state index is 0. The van der Waals surface area contributed by atoms with E-state index >= 15 is 0 Å². The first-order valence-corrected chi connectivity index (χ1v) is 10.9. The molecule has 0 aliphatic carbocycles. The van der Waals surface area contributed by atoms with Crippen LogP contribution in [0.15, 0.2) is 69.6 Å². The summed E-state index contributed by atoms with van der Waals surface area (Å²) in [6.07, 6.45) is 2.86. The Balaban J connectivity index is 0.00000392. The number of aromatic nitrogens is 1. The Morgan fingerprint density at radius 3 is 2.54 bits per heavy atom. The Labute approximate surface area is 188 Å². The summed E-state index contributed by atoms with van der Waals surface area (Å²) in [7, 11) is -1.86. The largest absolute Gasteiger partial charge is 0.355 e. The Morgan fingerprint density at radius 1 is 1.14 bits per heavy atom. The Kier molecular flexibility index (Phi) is 11.4. The molecule has 1 unspecified atom stereocenters. The van der Waals surface area contributed by atoms with Crippen LogP contribution in [-0.4, -0.2) is 51.3 Å². The molecule has 28 heavy (non-hydrogen) atoms. The van der Waals surface area contributed by atoms with Crippen molar-refractivity contribution in [1.82, 2.24) is 20.3 Å². The van der Waals surface area contributed by atoms with Crippen LogP contribution in [0.2, 0.25) is 0 Å². The second-order valence-corrected chi connectivity index (χ2v) is 8.99.